The van der Waals surface area contributed by atoms with Gasteiger partial charge in [-0.05, 0) is 64.9 Å². The maximum atomic E-state index is 5.11. The molecule has 2 heterocycles. The molecule has 9 rings (SSSR count). The van der Waals surface area contributed by atoms with Crippen molar-refractivity contribution in [2.75, 3.05) is 0 Å². The molecule has 0 aliphatic heterocycles. The van der Waals surface area contributed by atoms with Gasteiger partial charge in [0, 0.05) is 33.6 Å². The fourth-order valence-corrected chi connectivity index (χ4v) is 7.75. The lowest BCUT2D eigenvalue weighted by atomic mass is 9.67. The SMILES string of the molecule is Cc1ccc(-c2cccc(-c3nc(-c4ccccc4)nc(-c4ccc(C5(c6ccccc6)c6ccccc6-c6ccccc65)cc4)n3)c2)c(C)n1. The van der Waals surface area contributed by atoms with Gasteiger partial charge in [-0.2, -0.15) is 0 Å². The maximum Gasteiger partial charge on any atom is 0.164 e. The average Bonchev–Trinajstić information content (AvgIpc) is 3.50. The lowest BCUT2D eigenvalue weighted by Gasteiger charge is -2.34. The highest BCUT2D eigenvalue weighted by molar-refractivity contribution is 5.86. The van der Waals surface area contributed by atoms with Crippen molar-refractivity contribution < 1.29 is 0 Å². The summed E-state index contributed by atoms with van der Waals surface area (Å²) < 4.78 is 0. The van der Waals surface area contributed by atoms with Crippen molar-refractivity contribution in [3.8, 4) is 56.4 Å². The van der Waals surface area contributed by atoms with Gasteiger partial charge in [0.05, 0.1) is 5.41 Å². The molecule has 1 aliphatic rings. The van der Waals surface area contributed by atoms with E-state index in [0.717, 1.165) is 39.2 Å². The average molecular weight is 655 g/mol. The first-order valence-electron chi connectivity index (χ1n) is 17.3. The minimum atomic E-state index is -0.462. The van der Waals surface area contributed by atoms with E-state index in [2.05, 4.69) is 146 Å². The summed E-state index contributed by atoms with van der Waals surface area (Å²) in [6.45, 7) is 4.07. The number of nitrogens with zero attached hydrogens (tertiary/aromatic N) is 4. The highest BCUT2D eigenvalue weighted by Crippen LogP contribution is 2.56. The van der Waals surface area contributed by atoms with Crippen LogP contribution < -0.4 is 0 Å². The Morgan fingerprint density at radius 1 is 0.353 bits per heavy atom. The maximum absolute atomic E-state index is 5.11. The predicted octanol–water partition coefficient (Wildman–Crippen LogP) is 10.9. The molecule has 4 nitrogen and oxygen atoms in total. The van der Waals surface area contributed by atoms with Crippen LogP contribution in [0.2, 0.25) is 0 Å². The Bertz CT molecular complexity index is 2500. The third kappa shape index (κ3) is 5.15. The van der Waals surface area contributed by atoms with Crippen LogP contribution in [0.3, 0.4) is 0 Å². The molecule has 0 bridgehead atoms. The first-order valence-corrected chi connectivity index (χ1v) is 17.3. The minimum absolute atomic E-state index is 0.462. The van der Waals surface area contributed by atoms with Gasteiger partial charge in [0.2, 0.25) is 0 Å². The molecule has 6 aromatic carbocycles. The Morgan fingerprint density at radius 2 is 0.843 bits per heavy atom. The van der Waals surface area contributed by atoms with Gasteiger partial charge in [-0.15, -0.1) is 0 Å². The number of benzene rings is 6. The standard InChI is InChI=1S/C47H34N4/c1-31-24-29-39(32(2)48-31)35-16-13-17-36(30-35)46-50-44(33-14-5-3-6-15-33)49-45(51-46)34-25-27-38(28-26-34)47(37-18-7-4-8-19-37)42-22-11-9-20-40(42)41-21-10-12-23-43(41)47/h3-30H,1-2H3. The molecule has 0 unspecified atom stereocenters. The second-order valence-electron chi connectivity index (χ2n) is 13.1. The van der Waals surface area contributed by atoms with Crippen molar-refractivity contribution in [1.29, 1.82) is 0 Å². The number of rotatable bonds is 6. The highest BCUT2D eigenvalue weighted by atomic mass is 15.0. The van der Waals surface area contributed by atoms with Crippen LogP contribution in [0.1, 0.15) is 33.6 Å². The quantitative estimate of drug-likeness (QED) is 0.179. The van der Waals surface area contributed by atoms with Gasteiger partial charge >= 0.3 is 0 Å². The highest BCUT2D eigenvalue weighted by Gasteiger charge is 2.45. The van der Waals surface area contributed by atoms with Gasteiger partial charge in [-0.25, -0.2) is 15.0 Å². The fraction of sp³-hybridized carbons (Fsp3) is 0.0638. The molecule has 0 radical (unpaired) electrons. The third-order valence-electron chi connectivity index (χ3n) is 10.1. The Labute approximate surface area is 298 Å². The summed E-state index contributed by atoms with van der Waals surface area (Å²) in [7, 11) is 0. The first-order chi connectivity index (χ1) is 25.1. The molecular formula is C47H34N4. The summed E-state index contributed by atoms with van der Waals surface area (Å²) in [5.74, 6) is 1.89. The minimum Gasteiger partial charge on any atom is -0.258 e. The molecule has 0 saturated carbocycles. The Kier molecular flexibility index (Phi) is 7.44. The van der Waals surface area contributed by atoms with Crippen LogP contribution >= 0.6 is 0 Å². The van der Waals surface area contributed by atoms with Crippen LogP contribution in [-0.2, 0) is 5.41 Å². The van der Waals surface area contributed by atoms with Gasteiger partial charge in [-0.3, -0.25) is 4.98 Å². The normalized spacial score (nSPS) is 12.7. The van der Waals surface area contributed by atoms with E-state index in [0.29, 0.717) is 17.5 Å². The van der Waals surface area contributed by atoms with Crippen LogP contribution in [-0.4, -0.2) is 19.9 Å². The number of aromatic nitrogens is 4. The number of hydrogen-bond donors (Lipinski definition) is 0. The number of fused-ring (bicyclic) bond motifs is 3. The largest absolute Gasteiger partial charge is 0.258 e. The van der Waals surface area contributed by atoms with Gasteiger partial charge in [-0.1, -0.05) is 158 Å². The molecule has 242 valence electrons. The van der Waals surface area contributed by atoms with E-state index < -0.39 is 5.41 Å². The van der Waals surface area contributed by atoms with Crippen molar-refractivity contribution in [3.05, 3.63) is 203 Å². The number of aryl methyl sites for hydroxylation is 2. The molecule has 0 saturated heterocycles. The molecule has 0 spiro atoms. The van der Waals surface area contributed by atoms with E-state index in [4.69, 9.17) is 19.9 Å². The van der Waals surface area contributed by atoms with Crippen LogP contribution in [0, 0.1) is 13.8 Å². The van der Waals surface area contributed by atoms with Crippen LogP contribution in [0.5, 0.6) is 0 Å². The monoisotopic (exact) mass is 654 g/mol. The van der Waals surface area contributed by atoms with Crippen molar-refractivity contribution in [1.82, 2.24) is 19.9 Å². The summed E-state index contributed by atoms with van der Waals surface area (Å²) in [4.78, 5) is 19.9. The van der Waals surface area contributed by atoms with Gasteiger partial charge in [0.15, 0.2) is 17.5 Å². The lowest BCUT2D eigenvalue weighted by Crippen LogP contribution is -2.28. The van der Waals surface area contributed by atoms with Crippen molar-refractivity contribution in [2.45, 2.75) is 19.3 Å². The van der Waals surface area contributed by atoms with Crippen LogP contribution in [0.4, 0.5) is 0 Å². The summed E-state index contributed by atoms with van der Waals surface area (Å²) in [5.41, 5.74) is 14.1. The Morgan fingerprint density at radius 3 is 1.47 bits per heavy atom. The molecule has 1 aliphatic carbocycles. The molecule has 4 heteroatoms. The predicted molar refractivity (Wildman–Crippen MR) is 206 cm³/mol. The molecule has 51 heavy (non-hydrogen) atoms. The van der Waals surface area contributed by atoms with Crippen LogP contribution in [0.15, 0.2) is 170 Å². The third-order valence-corrected chi connectivity index (χ3v) is 10.1. The van der Waals surface area contributed by atoms with Gasteiger partial charge < -0.3 is 0 Å². The lowest BCUT2D eigenvalue weighted by molar-refractivity contribution is 0.768. The molecular weight excluding hydrogens is 621 g/mol. The van der Waals surface area contributed by atoms with E-state index in [1.807, 2.05) is 37.3 Å². The molecule has 0 N–H and O–H groups in total. The Balaban J connectivity index is 1.19. The van der Waals surface area contributed by atoms with E-state index >= 15 is 0 Å². The molecule has 0 atom stereocenters. The number of pyridine rings is 1. The number of hydrogen-bond acceptors (Lipinski definition) is 4. The van der Waals surface area contributed by atoms with E-state index in [1.54, 1.807) is 0 Å². The smallest absolute Gasteiger partial charge is 0.164 e. The fourth-order valence-electron chi connectivity index (χ4n) is 7.75. The zero-order valence-corrected chi connectivity index (χ0v) is 28.5. The van der Waals surface area contributed by atoms with E-state index in [1.165, 1.54) is 33.4 Å². The van der Waals surface area contributed by atoms with Gasteiger partial charge in [0.1, 0.15) is 0 Å². The van der Waals surface area contributed by atoms with Crippen molar-refractivity contribution >= 4 is 0 Å². The van der Waals surface area contributed by atoms with Crippen LogP contribution in [0.25, 0.3) is 56.4 Å². The Hall–Kier alpha value is -6.52. The first kappa shape index (κ1) is 30.5. The topological polar surface area (TPSA) is 51.6 Å². The van der Waals surface area contributed by atoms with Crippen molar-refractivity contribution in [3.63, 3.8) is 0 Å². The molecule has 0 fully saturated rings. The van der Waals surface area contributed by atoms with E-state index in [9.17, 15) is 0 Å². The summed E-state index contributed by atoms with van der Waals surface area (Å²) in [5, 5.41) is 0. The second-order valence-corrected chi connectivity index (χ2v) is 13.1. The molecule has 2 aromatic heterocycles. The molecule has 8 aromatic rings. The summed E-state index contributed by atoms with van der Waals surface area (Å²) >= 11 is 0. The zero-order chi connectivity index (χ0) is 34.4. The summed E-state index contributed by atoms with van der Waals surface area (Å²) in [6.07, 6.45) is 0. The van der Waals surface area contributed by atoms with Gasteiger partial charge in [0.25, 0.3) is 0 Å². The van der Waals surface area contributed by atoms with Crippen molar-refractivity contribution in [2.24, 2.45) is 0 Å². The molecule has 0 amide bonds. The summed E-state index contributed by atoms with van der Waals surface area (Å²) in [6, 6.07) is 60.0. The van der Waals surface area contributed by atoms with E-state index in [-0.39, 0.29) is 0 Å². The second kappa shape index (κ2) is 12.4. The zero-order valence-electron chi connectivity index (χ0n) is 28.5.